The Balaban J connectivity index is 1.53. The summed E-state index contributed by atoms with van der Waals surface area (Å²) in [6, 6.07) is 14.9. The van der Waals surface area contributed by atoms with Crippen molar-refractivity contribution in [2.75, 3.05) is 18.4 Å². The molecule has 1 saturated heterocycles. The lowest BCUT2D eigenvalue weighted by Gasteiger charge is -2.17. The number of nitrogens with zero attached hydrogens (tertiary/aromatic N) is 1. The van der Waals surface area contributed by atoms with Crippen LogP contribution in [-0.2, 0) is 26.2 Å². The summed E-state index contributed by atoms with van der Waals surface area (Å²) in [6.07, 6.45) is 1.05. The van der Waals surface area contributed by atoms with E-state index < -0.39 is 16.1 Å². The van der Waals surface area contributed by atoms with Gasteiger partial charge in [0.1, 0.15) is 6.61 Å². The summed E-state index contributed by atoms with van der Waals surface area (Å²) in [6.45, 7) is 3.97. The molecule has 0 aromatic heterocycles. The zero-order valence-corrected chi connectivity index (χ0v) is 17.1. The lowest BCUT2D eigenvalue weighted by atomic mass is 10.2. The average Bonchev–Trinajstić information content (AvgIpc) is 3.22. The standard InChI is InChI=1S/C21H23N3O5S/c1-2-20(25)22-17-8-10-19(11-9-17)30(27,28)24-13-12-18(14-24)23-21(26)29-15-16-6-4-3-5-7-16/h2-11,18H,1,12-15H2,(H,22,25)(H,23,26)/t18-/m0/s1. The molecule has 0 aliphatic carbocycles. The van der Waals surface area contributed by atoms with Crippen LogP contribution in [0.1, 0.15) is 12.0 Å². The molecule has 1 aliphatic rings. The summed E-state index contributed by atoms with van der Waals surface area (Å²) < 4.78 is 32.2. The fourth-order valence-corrected chi connectivity index (χ4v) is 4.55. The Morgan fingerprint density at radius 3 is 2.50 bits per heavy atom. The summed E-state index contributed by atoms with van der Waals surface area (Å²) in [7, 11) is -3.71. The SMILES string of the molecule is C=CC(=O)Nc1ccc(S(=O)(=O)N2CC[C@H](NC(=O)OCc3ccccc3)C2)cc1. The maximum Gasteiger partial charge on any atom is 0.407 e. The highest BCUT2D eigenvalue weighted by Gasteiger charge is 2.33. The maximum atomic E-state index is 12.8. The first-order valence-corrected chi connectivity index (χ1v) is 10.8. The van der Waals surface area contributed by atoms with Crippen LogP contribution in [0.25, 0.3) is 0 Å². The molecule has 2 aromatic rings. The Morgan fingerprint density at radius 2 is 1.83 bits per heavy atom. The molecule has 1 fully saturated rings. The molecule has 30 heavy (non-hydrogen) atoms. The molecule has 158 valence electrons. The van der Waals surface area contributed by atoms with Crippen molar-refractivity contribution < 1.29 is 22.7 Å². The predicted octanol–water partition coefficient (Wildman–Crippen LogP) is 2.50. The lowest BCUT2D eigenvalue weighted by molar-refractivity contribution is -0.111. The number of alkyl carbamates (subject to hydrolysis) is 1. The van der Waals surface area contributed by atoms with Crippen LogP contribution in [-0.4, -0.2) is 43.9 Å². The Morgan fingerprint density at radius 1 is 1.13 bits per heavy atom. The first-order chi connectivity index (χ1) is 14.4. The molecule has 2 amide bonds. The number of hydrogen-bond acceptors (Lipinski definition) is 5. The van der Waals surface area contributed by atoms with Crippen molar-refractivity contribution in [2.45, 2.75) is 24.0 Å². The number of rotatable bonds is 7. The summed E-state index contributed by atoms with van der Waals surface area (Å²) >= 11 is 0. The highest BCUT2D eigenvalue weighted by atomic mass is 32.2. The molecule has 2 aromatic carbocycles. The van der Waals surface area contributed by atoms with E-state index in [1.165, 1.54) is 28.6 Å². The molecular formula is C21H23N3O5S. The van der Waals surface area contributed by atoms with Crippen molar-refractivity contribution in [1.82, 2.24) is 9.62 Å². The third-order valence-corrected chi connectivity index (χ3v) is 6.51. The zero-order valence-electron chi connectivity index (χ0n) is 16.3. The number of hydrogen-bond donors (Lipinski definition) is 2. The van der Waals surface area contributed by atoms with Gasteiger partial charge >= 0.3 is 6.09 Å². The molecule has 3 rings (SSSR count). The molecule has 0 saturated carbocycles. The van der Waals surface area contributed by atoms with Gasteiger partial charge in [0.2, 0.25) is 15.9 Å². The van der Waals surface area contributed by atoms with Crippen LogP contribution in [0.15, 0.2) is 72.1 Å². The van der Waals surface area contributed by atoms with Gasteiger partial charge < -0.3 is 15.4 Å². The molecule has 0 unspecified atom stereocenters. The van der Waals surface area contributed by atoms with E-state index in [9.17, 15) is 18.0 Å². The van der Waals surface area contributed by atoms with Crippen LogP contribution in [0, 0.1) is 0 Å². The minimum atomic E-state index is -3.71. The smallest absolute Gasteiger partial charge is 0.407 e. The van der Waals surface area contributed by atoms with Gasteiger partial charge in [0.05, 0.1) is 4.90 Å². The number of anilines is 1. The molecule has 1 heterocycles. The van der Waals surface area contributed by atoms with Gasteiger partial charge in [0.25, 0.3) is 0 Å². The van der Waals surface area contributed by atoms with E-state index in [1.807, 2.05) is 30.3 Å². The summed E-state index contributed by atoms with van der Waals surface area (Å²) in [4.78, 5) is 23.4. The van der Waals surface area contributed by atoms with E-state index >= 15 is 0 Å². The average molecular weight is 429 g/mol. The first kappa shape index (κ1) is 21.5. The number of carbonyl (C=O) groups is 2. The van der Waals surface area contributed by atoms with Crippen molar-refractivity contribution >= 4 is 27.7 Å². The van der Waals surface area contributed by atoms with Crippen LogP contribution in [0.4, 0.5) is 10.5 Å². The van der Waals surface area contributed by atoms with Crippen LogP contribution in [0.5, 0.6) is 0 Å². The summed E-state index contributed by atoms with van der Waals surface area (Å²) in [5.74, 6) is -0.377. The van der Waals surface area contributed by atoms with Crippen LogP contribution < -0.4 is 10.6 Å². The number of sulfonamides is 1. The zero-order chi connectivity index (χ0) is 21.6. The Hall–Kier alpha value is -3.17. The molecule has 9 heteroatoms. The van der Waals surface area contributed by atoms with E-state index in [-0.39, 0.29) is 30.0 Å². The van der Waals surface area contributed by atoms with Gasteiger partial charge in [-0.15, -0.1) is 0 Å². The monoisotopic (exact) mass is 429 g/mol. The number of nitrogens with one attached hydrogen (secondary N) is 2. The van der Waals surface area contributed by atoms with Crippen molar-refractivity contribution in [2.24, 2.45) is 0 Å². The van der Waals surface area contributed by atoms with Gasteiger partial charge in [-0.3, -0.25) is 4.79 Å². The molecule has 8 nitrogen and oxygen atoms in total. The molecule has 0 spiro atoms. The van der Waals surface area contributed by atoms with E-state index in [4.69, 9.17) is 4.74 Å². The molecular weight excluding hydrogens is 406 g/mol. The first-order valence-electron chi connectivity index (χ1n) is 9.39. The largest absolute Gasteiger partial charge is 0.445 e. The van der Waals surface area contributed by atoms with Crippen LogP contribution in [0.2, 0.25) is 0 Å². The molecule has 2 N–H and O–H groups in total. The lowest BCUT2D eigenvalue weighted by Crippen LogP contribution is -2.38. The van der Waals surface area contributed by atoms with Gasteiger partial charge in [0, 0.05) is 24.8 Å². The van der Waals surface area contributed by atoms with Crippen molar-refractivity contribution in [3.05, 3.63) is 72.8 Å². The molecule has 1 aliphatic heterocycles. The maximum absolute atomic E-state index is 12.8. The molecule has 1 atom stereocenters. The van der Waals surface area contributed by atoms with Crippen molar-refractivity contribution in [1.29, 1.82) is 0 Å². The normalized spacial score (nSPS) is 16.6. The highest BCUT2D eigenvalue weighted by Crippen LogP contribution is 2.22. The number of amides is 2. The topological polar surface area (TPSA) is 105 Å². The summed E-state index contributed by atoms with van der Waals surface area (Å²) in [5.41, 5.74) is 1.34. The Kier molecular flexibility index (Phi) is 6.86. The van der Waals surface area contributed by atoms with E-state index in [0.29, 0.717) is 18.7 Å². The van der Waals surface area contributed by atoms with E-state index in [0.717, 1.165) is 11.6 Å². The predicted molar refractivity (Wildman–Crippen MR) is 112 cm³/mol. The fraction of sp³-hybridized carbons (Fsp3) is 0.238. The Labute approximate surface area is 175 Å². The molecule has 0 bridgehead atoms. The van der Waals surface area contributed by atoms with Gasteiger partial charge in [-0.05, 0) is 42.3 Å². The van der Waals surface area contributed by atoms with Crippen molar-refractivity contribution in [3.63, 3.8) is 0 Å². The number of benzene rings is 2. The van der Waals surface area contributed by atoms with Gasteiger partial charge in [-0.1, -0.05) is 36.9 Å². The minimum absolute atomic E-state index is 0.117. The van der Waals surface area contributed by atoms with Crippen LogP contribution >= 0.6 is 0 Å². The third-order valence-electron chi connectivity index (χ3n) is 4.63. The van der Waals surface area contributed by atoms with Gasteiger partial charge in [-0.2, -0.15) is 4.31 Å². The van der Waals surface area contributed by atoms with Crippen molar-refractivity contribution in [3.8, 4) is 0 Å². The highest BCUT2D eigenvalue weighted by molar-refractivity contribution is 7.89. The second-order valence-corrected chi connectivity index (χ2v) is 8.71. The minimum Gasteiger partial charge on any atom is -0.445 e. The van der Waals surface area contributed by atoms with Crippen LogP contribution in [0.3, 0.4) is 0 Å². The second kappa shape index (κ2) is 9.55. The van der Waals surface area contributed by atoms with Gasteiger partial charge in [0.15, 0.2) is 0 Å². The second-order valence-electron chi connectivity index (χ2n) is 6.77. The third kappa shape index (κ3) is 5.46. The van der Waals surface area contributed by atoms with E-state index in [2.05, 4.69) is 17.2 Å². The van der Waals surface area contributed by atoms with Gasteiger partial charge in [-0.25, -0.2) is 13.2 Å². The number of carbonyl (C=O) groups excluding carboxylic acids is 2. The Bertz CT molecular complexity index is 1010. The molecule has 0 radical (unpaired) electrons. The fourth-order valence-electron chi connectivity index (χ4n) is 3.05. The number of ether oxygens (including phenoxy) is 1. The quantitative estimate of drug-likeness (QED) is 0.658. The van der Waals surface area contributed by atoms with E-state index in [1.54, 1.807) is 0 Å². The summed E-state index contributed by atoms with van der Waals surface area (Å²) in [5, 5.41) is 5.28.